The predicted octanol–water partition coefficient (Wildman–Crippen LogP) is 2.81. The van der Waals surface area contributed by atoms with Gasteiger partial charge >= 0.3 is 0 Å². The molecule has 0 spiro atoms. The number of methoxy groups -OCH3 is 1. The number of aryl methyl sites for hydroxylation is 1. The summed E-state index contributed by atoms with van der Waals surface area (Å²) in [5, 5.41) is 19.0. The molecule has 3 aromatic heterocycles. The van der Waals surface area contributed by atoms with Crippen LogP contribution in [0.5, 0.6) is 5.75 Å². The number of nitrogens with one attached hydrogen (secondary N) is 1. The molecule has 1 atom stereocenters. The molecule has 0 bridgehead atoms. The molecule has 4 heterocycles. The highest BCUT2D eigenvalue weighted by atomic mass is 32.1. The van der Waals surface area contributed by atoms with Crippen molar-refractivity contribution in [1.29, 1.82) is 0 Å². The van der Waals surface area contributed by atoms with E-state index < -0.39 is 6.10 Å². The first-order valence-corrected chi connectivity index (χ1v) is 12.7. The normalized spacial score (nSPS) is 15.8. The Morgan fingerprint density at radius 2 is 2.09 bits per heavy atom. The number of nitrogens with zero attached hydrogens (tertiary/aromatic N) is 4. The van der Waals surface area contributed by atoms with Crippen molar-refractivity contribution in [3.8, 4) is 16.2 Å². The highest BCUT2D eigenvalue weighted by Crippen LogP contribution is 2.44. The van der Waals surface area contributed by atoms with Gasteiger partial charge in [-0.2, -0.15) is 5.10 Å². The molecule has 0 amide bonds. The first-order valence-electron chi connectivity index (χ1n) is 11.9. The Balaban J connectivity index is 1.71. The van der Waals surface area contributed by atoms with Gasteiger partial charge in [0.1, 0.15) is 17.6 Å². The SMILES string of the molecule is COc1cc(C)cc2cc(-c3c(CNCC(C)O)c(CN4CCOCC4)n4ncnc(N)c34)sc12. The summed E-state index contributed by atoms with van der Waals surface area (Å²) in [7, 11) is 1.71. The second-order valence-electron chi connectivity index (χ2n) is 9.07. The Labute approximate surface area is 208 Å². The molecule has 35 heavy (non-hydrogen) atoms. The third-order valence-electron chi connectivity index (χ3n) is 6.37. The molecule has 5 rings (SSSR count). The van der Waals surface area contributed by atoms with Crippen LogP contribution in [0.1, 0.15) is 23.7 Å². The van der Waals surface area contributed by atoms with E-state index in [-0.39, 0.29) is 0 Å². The van der Waals surface area contributed by atoms with Crippen molar-refractivity contribution < 1.29 is 14.6 Å². The molecular formula is C25H32N6O3S. The van der Waals surface area contributed by atoms with Crippen LogP contribution in [-0.4, -0.2) is 70.7 Å². The van der Waals surface area contributed by atoms with Gasteiger partial charge in [-0.1, -0.05) is 6.07 Å². The fraction of sp³-hybridized carbons (Fsp3) is 0.440. The second kappa shape index (κ2) is 10.1. The van der Waals surface area contributed by atoms with Crippen molar-refractivity contribution in [1.82, 2.24) is 24.8 Å². The van der Waals surface area contributed by atoms with Gasteiger partial charge in [0.15, 0.2) is 5.82 Å². The highest BCUT2D eigenvalue weighted by molar-refractivity contribution is 7.22. The van der Waals surface area contributed by atoms with E-state index in [1.807, 2.05) is 4.52 Å². The average molecular weight is 497 g/mol. The molecule has 4 aromatic rings. The van der Waals surface area contributed by atoms with E-state index in [4.69, 9.17) is 15.2 Å². The molecule has 186 valence electrons. The predicted molar refractivity (Wildman–Crippen MR) is 139 cm³/mol. The third-order valence-corrected chi connectivity index (χ3v) is 7.56. The summed E-state index contributed by atoms with van der Waals surface area (Å²) in [5.74, 6) is 1.31. The number of hydrogen-bond donors (Lipinski definition) is 3. The number of fused-ring (bicyclic) bond motifs is 2. The Bertz CT molecular complexity index is 1340. The molecule has 0 aliphatic carbocycles. The molecule has 1 aliphatic heterocycles. The van der Waals surface area contributed by atoms with Gasteiger partial charge in [-0.05, 0) is 42.5 Å². The Kier molecular flexibility index (Phi) is 6.90. The van der Waals surface area contributed by atoms with Gasteiger partial charge in [0.25, 0.3) is 0 Å². The number of nitrogen functional groups attached to an aromatic ring is 1. The summed E-state index contributed by atoms with van der Waals surface area (Å²) in [6, 6.07) is 6.44. The Morgan fingerprint density at radius 1 is 1.29 bits per heavy atom. The van der Waals surface area contributed by atoms with Crippen LogP contribution in [-0.2, 0) is 17.8 Å². The summed E-state index contributed by atoms with van der Waals surface area (Å²) in [5.41, 5.74) is 11.7. The van der Waals surface area contributed by atoms with Gasteiger partial charge in [0.2, 0.25) is 0 Å². The molecule has 4 N–H and O–H groups in total. The monoisotopic (exact) mass is 496 g/mol. The van der Waals surface area contributed by atoms with Crippen LogP contribution in [0.4, 0.5) is 5.82 Å². The number of rotatable bonds is 8. The largest absolute Gasteiger partial charge is 0.495 e. The lowest BCUT2D eigenvalue weighted by Gasteiger charge is -2.26. The van der Waals surface area contributed by atoms with E-state index in [9.17, 15) is 5.11 Å². The fourth-order valence-electron chi connectivity index (χ4n) is 4.76. The number of thiophene rings is 1. The lowest BCUT2D eigenvalue weighted by Crippen LogP contribution is -2.36. The topological polar surface area (TPSA) is 110 Å². The smallest absolute Gasteiger partial charge is 0.152 e. The third kappa shape index (κ3) is 4.72. The molecule has 1 saturated heterocycles. The number of morpholine rings is 1. The molecule has 0 radical (unpaired) electrons. The van der Waals surface area contributed by atoms with Gasteiger partial charge in [0.05, 0.1) is 36.8 Å². The summed E-state index contributed by atoms with van der Waals surface area (Å²) in [6.45, 7) is 8.81. The van der Waals surface area contributed by atoms with E-state index >= 15 is 0 Å². The summed E-state index contributed by atoms with van der Waals surface area (Å²) in [4.78, 5) is 7.80. The summed E-state index contributed by atoms with van der Waals surface area (Å²) in [6.07, 6.45) is 1.07. The maximum atomic E-state index is 9.87. The number of ether oxygens (including phenoxy) is 2. The van der Waals surface area contributed by atoms with Gasteiger partial charge in [-0.15, -0.1) is 11.3 Å². The zero-order valence-electron chi connectivity index (χ0n) is 20.4. The van der Waals surface area contributed by atoms with Crippen molar-refractivity contribution in [2.24, 2.45) is 0 Å². The van der Waals surface area contributed by atoms with Crippen molar-refractivity contribution >= 4 is 32.8 Å². The quantitative estimate of drug-likeness (QED) is 0.342. The average Bonchev–Trinajstić information content (AvgIpc) is 3.39. The molecule has 9 nitrogen and oxygen atoms in total. The lowest BCUT2D eigenvalue weighted by molar-refractivity contribution is 0.0333. The Morgan fingerprint density at radius 3 is 2.83 bits per heavy atom. The molecular weight excluding hydrogens is 464 g/mol. The molecule has 10 heteroatoms. The number of benzene rings is 1. The first-order chi connectivity index (χ1) is 17.0. The van der Waals surface area contributed by atoms with Gasteiger partial charge in [0, 0.05) is 43.2 Å². The van der Waals surface area contributed by atoms with E-state index in [1.54, 1.807) is 25.4 Å². The van der Waals surface area contributed by atoms with E-state index in [1.165, 1.54) is 6.33 Å². The summed E-state index contributed by atoms with van der Waals surface area (Å²) < 4.78 is 14.3. The van der Waals surface area contributed by atoms with Gasteiger partial charge in [-0.3, -0.25) is 4.90 Å². The molecule has 1 fully saturated rings. The minimum absolute atomic E-state index is 0.445. The van der Waals surface area contributed by atoms with E-state index in [0.29, 0.717) is 18.9 Å². The van der Waals surface area contributed by atoms with Crippen molar-refractivity contribution in [3.63, 3.8) is 0 Å². The van der Waals surface area contributed by atoms with Crippen LogP contribution in [0, 0.1) is 6.92 Å². The minimum atomic E-state index is -0.445. The van der Waals surface area contributed by atoms with Crippen molar-refractivity contribution in [2.45, 2.75) is 33.0 Å². The van der Waals surface area contributed by atoms with Crippen LogP contribution in [0.25, 0.3) is 26.0 Å². The number of aliphatic hydroxyl groups is 1. The molecule has 0 saturated carbocycles. The minimum Gasteiger partial charge on any atom is -0.495 e. The maximum absolute atomic E-state index is 9.87. The number of nitrogens with two attached hydrogens (primary N) is 1. The van der Waals surface area contributed by atoms with E-state index in [2.05, 4.69) is 45.4 Å². The van der Waals surface area contributed by atoms with E-state index in [0.717, 1.165) is 81.5 Å². The fourth-order valence-corrected chi connectivity index (χ4v) is 5.96. The Hall–Kier alpha value is -2.76. The van der Waals surface area contributed by atoms with Crippen molar-refractivity contribution in [3.05, 3.63) is 41.3 Å². The van der Waals surface area contributed by atoms with Crippen LogP contribution >= 0.6 is 11.3 Å². The maximum Gasteiger partial charge on any atom is 0.152 e. The van der Waals surface area contributed by atoms with Crippen LogP contribution in [0.3, 0.4) is 0 Å². The first kappa shape index (κ1) is 24.0. The molecule has 1 aromatic carbocycles. The van der Waals surface area contributed by atoms with Crippen LogP contribution < -0.4 is 15.8 Å². The highest BCUT2D eigenvalue weighted by Gasteiger charge is 2.26. The number of anilines is 1. The van der Waals surface area contributed by atoms with Crippen LogP contribution in [0.15, 0.2) is 24.5 Å². The molecule has 1 unspecified atom stereocenters. The van der Waals surface area contributed by atoms with Crippen LogP contribution in [0.2, 0.25) is 0 Å². The van der Waals surface area contributed by atoms with Crippen molar-refractivity contribution in [2.75, 3.05) is 45.7 Å². The van der Waals surface area contributed by atoms with Gasteiger partial charge < -0.3 is 25.6 Å². The van der Waals surface area contributed by atoms with Gasteiger partial charge in [-0.25, -0.2) is 9.50 Å². The lowest BCUT2D eigenvalue weighted by atomic mass is 10.1. The summed E-state index contributed by atoms with van der Waals surface area (Å²) >= 11 is 1.69. The number of aromatic nitrogens is 3. The molecule has 1 aliphatic rings. The zero-order valence-corrected chi connectivity index (χ0v) is 21.2. The standard InChI is InChI=1S/C25H32N6O3S/c1-15-8-17-10-21(35-24(17)20(9-15)33-3)22-18(12-27-11-16(2)32)19(13-30-4-6-34-7-5-30)31-23(22)25(26)28-14-29-31/h8-10,14,16,27,32H,4-7,11-13H2,1-3H3,(H2,26,28,29). The number of hydrogen-bond acceptors (Lipinski definition) is 9. The zero-order chi connectivity index (χ0) is 24.5. The number of aliphatic hydroxyl groups excluding tert-OH is 1. The second-order valence-corrected chi connectivity index (χ2v) is 10.1.